The number of likely N-dealkylation sites (tertiary alicyclic amines) is 2. The van der Waals surface area contributed by atoms with Crippen LogP contribution >= 0.6 is 0 Å². The number of nitrogens with one attached hydrogen (secondary N) is 1. The first-order chi connectivity index (χ1) is 10.8. The maximum atomic E-state index is 12.3. The normalized spacial score (nSPS) is 31.7. The Bertz CT molecular complexity index is 462. The van der Waals surface area contributed by atoms with Crippen molar-refractivity contribution in [3.63, 3.8) is 0 Å². The van der Waals surface area contributed by atoms with Gasteiger partial charge in [-0.05, 0) is 33.6 Å². The summed E-state index contributed by atoms with van der Waals surface area (Å²) in [5.74, 6) is -0.105. The Kier molecular flexibility index (Phi) is 4.65. The molecule has 0 aromatic heterocycles. The van der Waals surface area contributed by atoms with Crippen LogP contribution in [0.15, 0.2) is 0 Å². The molecule has 6 heteroatoms. The minimum absolute atomic E-state index is 0.0151. The summed E-state index contributed by atoms with van der Waals surface area (Å²) in [7, 11) is 0. The van der Waals surface area contributed by atoms with E-state index >= 15 is 0 Å². The summed E-state index contributed by atoms with van der Waals surface area (Å²) in [6, 6.07) is 0. The highest BCUT2D eigenvalue weighted by atomic mass is 16.5. The van der Waals surface area contributed by atoms with Gasteiger partial charge in [0.15, 0.2) is 0 Å². The molecule has 3 saturated heterocycles. The Labute approximate surface area is 138 Å². The molecule has 0 radical (unpaired) electrons. The first kappa shape index (κ1) is 16.7. The molecule has 130 valence electrons. The lowest BCUT2D eigenvalue weighted by Crippen LogP contribution is -2.46. The molecule has 3 heterocycles. The molecule has 2 amide bonds. The second-order valence-corrected chi connectivity index (χ2v) is 8.08. The highest BCUT2D eigenvalue weighted by Gasteiger charge is 2.39. The van der Waals surface area contributed by atoms with E-state index in [1.165, 1.54) is 12.8 Å². The van der Waals surface area contributed by atoms with Gasteiger partial charge in [-0.1, -0.05) is 0 Å². The average Bonchev–Trinajstić information content (AvgIpc) is 3.01. The van der Waals surface area contributed by atoms with Crippen molar-refractivity contribution >= 4 is 11.8 Å². The van der Waals surface area contributed by atoms with E-state index in [-0.39, 0.29) is 23.3 Å². The fourth-order valence-corrected chi connectivity index (χ4v) is 3.89. The van der Waals surface area contributed by atoms with Crippen molar-refractivity contribution in [1.29, 1.82) is 0 Å². The number of carbonyl (C=O) groups is 2. The monoisotopic (exact) mass is 323 g/mol. The Hall–Kier alpha value is -1.14. The lowest BCUT2D eigenvalue weighted by atomic mass is 10.1. The van der Waals surface area contributed by atoms with E-state index in [1.54, 1.807) is 0 Å². The molecule has 3 rings (SSSR count). The Morgan fingerprint density at radius 3 is 2.43 bits per heavy atom. The Balaban J connectivity index is 1.41. The predicted molar refractivity (Wildman–Crippen MR) is 86.9 cm³/mol. The highest BCUT2D eigenvalue weighted by Crippen LogP contribution is 2.27. The van der Waals surface area contributed by atoms with E-state index in [0.717, 1.165) is 19.6 Å². The molecule has 0 aromatic carbocycles. The van der Waals surface area contributed by atoms with Crippen LogP contribution < -0.4 is 5.32 Å². The van der Waals surface area contributed by atoms with Gasteiger partial charge in [0.2, 0.25) is 11.8 Å². The van der Waals surface area contributed by atoms with E-state index < -0.39 is 0 Å². The fraction of sp³-hybridized carbons (Fsp3) is 0.882. The second-order valence-electron chi connectivity index (χ2n) is 8.08. The van der Waals surface area contributed by atoms with Gasteiger partial charge in [0.05, 0.1) is 18.1 Å². The number of fused-ring (bicyclic) bond motifs is 2. The minimum atomic E-state index is -0.209. The van der Waals surface area contributed by atoms with Crippen LogP contribution in [-0.4, -0.2) is 72.1 Å². The van der Waals surface area contributed by atoms with E-state index in [0.29, 0.717) is 31.7 Å². The SMILES string of the molecule is CC(C)(C)N1CC(C(=O)NCCN2CC3CCC(C2)O3)CC1=O. The number of carbonyl (C=O) groups excluding carboxylic acids is 2. The standard InChI is InChI=1S/C17H29N3O3/c1-17(2,3)20-9-12(8-15(20)21)16(22)18-6-7-19-10-13-4-5-14(11-19)23-13/h12-14H,4-11H2,1-3H3,(H,18,22). The summed E-state index contributed by atoms with van der Waals surface area (Å²) in [6.07, 6.45) is 3.44. The zero-order valence-corrected chi connectivity index (χ0v) is 14.5. The average molecular weight is 323 g/mol. The molecule has 3 aliphatic heterocycles. The van der Waals surface area contributed by atoms with Crippen LogP contribution in [0.2, 0.25) is 0 Å². The van der Waals surface area contributed by atoms with Gasteiger partial charge in [0.1, 0.15) is 0 Å². The van der Waals surface area contributed by atoms with Crippen molar-refractivity contribution in [1.82, 2.24) is 15.1 Å². The molecule has 3 aliphatic rings. The number of hydrogen-bond acceptors (Lipinski definition) is 4. The molecule has 23 heavy (non-hydrogen) atoms. The largest absolute Gasteiger partial charge is 0.372 e. The summed E-state index contributed by atoms with van der Waals surface area (Å²) < 4.78 is 5.82. The van der Waals surface area contributed by atoms with Gasteiger partial charge >= 0.3 is 0 Å². The van der Waals surface area contributed by atoms with Gasteiger partial charge in [-0.3, -0.25) is 14.5 Å². The lowest BCUT2D eigenvalue weighted by molar-refractivity contribution is -0.132. The smallest absolute Gasteiger partial charge is 0.225 e. The van der Waals surface area contributed by atoms with Crippen molar-refractivity contribution in [2.75, 3.05) is 32.7 Å². The minimum Gasteiger partial charge on any atom is -0.372 e. The van der Waals surface area contributed by atoms with E-state index in [4.69, 9.17) is 4.74 Å². The Morgan fingerprint density at radius 1 is 1.22 bits per heavy atom. The molecule has 0 saturated carbocycles. The van der Waals surface area contributed by atoms with Crippen molar-refractivity contribution in [2.45, 2.75) is 57.8 Å². The van der Waals surface area contributed by atoms with Crippen molar-refractivity contribution in [2.24, 2.45) is 5.92 Å². The second kappa shape index (κ2) is 6.40. The molecule has 3 unspecified atom stereocenters. The van der Waals surface area contributed by atoms with Crippen molar-refractivity contribution in [3.05, 3.63) is 0 Å². The number of ether oxygens (including phenoxy) is 1. The zero-order chi connectivity index (χ0) is 16.6. The topological polar surface area (TPSA) is 61.9 Å². The molecule has 0 aliphatic carbocycles. The molecular formula is C17H29N3O3. The molecule has 2 bridgehead atoms. The number of hydrogen-bond donors (Lipinski definition) is 1. The lowest BCUT2D eigenvalue weighted by Gasteiger charge is -2.32. The van der Waals surface area contributed by atoms with Gasteiger partial charge in [-0.15, -0.1) is 0 Å². The van der Waals surface area contributed by atoms with Gasteiger partial charge < -0.3 is 15.0 Å². The van der Waals surface area contributed by atoms with Gasteiger partial charge in [0, 0.05) is 44.7 Å². The summed E-state index contributed by atoms with van der Waals surface area (Å²) in [4.78, 5) is 28.6. The van der Waals surface area contributed by atoms with Crippen LogP contribution in [0.3, 0.4) is 0 Å². The third-order valence-corrected chi connectivity index (χ3v) is 5.15. The van der Waals surface area contributed by atoms with E-state index in [9.17, 15) is 9.59 Å². The van der Waals surface area contributed by atoms with Gasteiger partial charge in [-0.25, -0.2) is 0 Å². The molecule has 3 fully saturated rings. The number of morpholine rings is 1. The van der Waals surface area contributed by atoms with E-state index in [2.05, 4.69) is 10.2 Å². The molecule has 1 N–H and O–H groups in total. The van der Waals surface area contributed by atoms with Crippen LogP contribution in [0.25, 0.3) is 0 Å². The van der Waals surface area contributed by atoms with Crippen LogP contribution in [0.5, 0.6) is 0 Å². The molecule has 0 aromatic rings. The Morgan fingerprint density at radius 2 is 1.87 bits per heavy atom. The predicted octanol–water partition coefficient (Wildman–Crippen LogP) is 0.613. The molecule has 6 nitrogen and oxygen atoms in total. The van der Waals surface area contributed by atoms with Crippen LogP contribution in [0, 0.1) is 5.92 Å². The van der Waals surface area contributed by atoms with E-state index in [1.807, 2.05) is 25.7 Å². The summed E-state index contributed by atoms with van der Waals surface area (Å²) in [5, 5.41) is 3.01. The summed E-state index contributed by atoms with van der Waals surface area (Å²) in [6.45, 7) is 10.0. The number of rotatable bonds is 4. The zero-order valence-electron chi connectivity index (χ0n) is 14.5. The summed E-state index contributed by atoms with van der Waals surface area (Å²) in [5.41, 5.74) is -0.209. The number of amides is 2. The molecule has 0 spiro atoms. The van der Waals surface area contributed by atoms with Crippen LogP contribution in [0.1, 0.15) is 40.0 Å². The maximum Gasteiger partial charge on any atom is 0.225 e. The van der Waals surface area contributed by atoms with Gasteiger partial charge in [-0.2, -0.15) is 0 Å². The maximum absolute atomic E-state index is 12.3. The van der Waals surface area contributed by atoms with Gasteiger partial charge in [0.25, 0.3) is 0 Å². The summed E-state index contributed by atoms with van der Waals surface area (Å²) >= 11 is 0. The van der Waals surface area contributed by atoms with Crippen molar-refractivity contribution < 1.29 is 14.3 Å². The van der Waals surface area contributed by atoms with Crippen molar-refractivity contribution in [3.8, 4) is 0 Å². The molecular weight excluding hydrogens is 294 g/mol. The van der Waals surface area contributed by atoms with Crippen LogP contribution in [-0.2, 0) is 14.3 Å². The first-order valence-corrected chi connectivity index (χ1v) is 8.79. The fourth-order valence-electron chi connectivity index (χ4n) is 3.89. The number of nitrogens with zero attached hydrogens (tertiary/aromatic N) is 2. The highest BCUT2D eigenvalue weighted by molar-refractivity contribution is 5.89. The molecule has 3 atom stereocenters. The third kappa shape index (κ3) is 3.86. The first-order valence-electron chi connectivity index (χ1n) is 8.79. The quantitative estimate of drug-likeness (QED) is 0.824. The van der Waals surface area contributed by atoms with Crippen LogP contribution in [0.4, 0.5) is 0 Å². The third-order valence-electron chi connectivity index (χ3n) is 5.15.